The second kappa shape index (κ2) is 4.50. The maximum Gasteiger partial charge on any atom is 0.461 e. The summed E-state index contributed by atoms with van der Waals surface area (Å²) in [6, 6.07) is 8.32. The van der Waals surface area contributed by atoms with Gasteiger partial charge in [0.25, 0.3) is 0 Å². The Morgan fingerprint density at radius 2 is 1.80 bits per heavy atom. The summed E-state index contributed by atoms with van der Waals surface area (Å²) in [6.07, 6.45) is 1.13. The number of hydrogen-bond donors (Lipinski definition) is 0. The Balaban J connectivity index is 1.71. The van der Waals surface area contributed by atoms with Crippen molar-refractivity contribution in [2.24, 2.45) is 0 Å². The summed E-state index contributed by atoms with van der Waals surface area (Å²) >= 11 is 0. The third-order valence-electron chi connectivity index (χ3n) is 4.98. The number of ether oxygens (including phenoxy) is 1. The molecule has 4 heteroatoms. The van der Waals surface area contributed by atoms with Crippen molar-refractivity contribution in [1.82, 2.24) is 0 Å². The van der Waals surface area contributed by atoms with Crippen LogP contribution in [-0.2, 0) is 9.31 Å². The van der Waals surface area contributed by atoms with Gasteiger partial charge in [-0.3, -0.25) is 0 Å². The molecule has 0 amide bonds. The standard InChI is InChI=1S/C16H23BO3/c1-15(2)16(3,4)20-17(19-15)14-10-13(14)11-7-6-8-12(9-11)18-5/h6-9,13-14H,10H2,1-5H3. The van der Waals surface area contributed by atoms with Crippen LogP contribution in [0.2, 0.25) is 5.82 Å². The van der Waals surface area contributed by atoms with Crippen LogP contribution in [0, 0.1) is 0 Å². The highest BCUT2D eigenvalue weighted by Gasteiger charge is 2.59. The lowest BCUT2D eigenvalue weighted by Crippen LogP contribution is -2.41. The fourth-order valence-electron chi connectivity index (χ4n) is 2.83. The van der Waals surface area contributed by atoms with Crippen LogP contribution in [0.5, 0.6) is 5.75 Å². The molecule has 1 aliphatic carbocycles. The van der Waals surface area contributed by atoms with Crippen molar-refractivity contribution >= 4 is 7.12 Å². The van der Waals surface area contributed by atoms with Gasteiger partial charge in [0.15, 0.2) is 0 Å². The molecule has 3 rings (SSSR count). The first-order valence-corrected chi connectivity index (χ1v) is 7.34. The highest BCUT2D eigenvalue weighted by atomic mass is 16.7. The van der Waals surface area contributed by atoms with Crippen molar-refractivity contribution in [2.75, 3.05) is 7.11 Å². The number of methoxy groups -OCH3 is 1. The first kappa shape index (κ1) is 14.0. The topological polar surface area (TPSA) is 27.7 Å². The van der Waals surface area contributed by atoms with Gasteiger partial charge in [0.1, 0.15) is 5.75 Å². The smallest absolute Gasteiger partial charge is 0.461 e. The van der Waals surface area contributed by atoms with Gasteiger partial charge in [-0.05, 0) is 57.7 Å². The predicted octanol–water partition coefficient (Wildman–Crippen LogP) is 3.64. The van der Waals surface area contributed by atoms with Crippen LogP contribution in [0.3, 0.4) is 0 Å². The Hall–Kier alpha value is -0.995. The molecule has 1 saturated heterocycles. The monoisotopic (exact) mass is 274 g/mol. The van der Waals surface area contributed by atoms with Gasteiger partial charge >= 0.3 is 7.12 Å². The zero-order chi connectivity index (χ0) is 14.5. The van der Waals surface area contributed by atoms with Gasteiger partial charge in [-0.15, -0.1) is 0 Å². The van der Waals surface area contributed by atoms with Crippen LogP contribution in [-0.4, -0.2) is 25.4 Å². The van der Waals surface area contributed by atoms with E-state index in [0.29, 0.717) is 11.7 Å². The molecule has 3 nitrogen and oxygen atoms in total. The van der Waals surface area contributed by atoms with Crippen LogP contribution in [0.25, 0.3) is 0 Å². The van der Waals surface area contributed by atoms with E-state index in [4.69, 9.17) is 14.0 Å². The molecule has 1 aromatic rings. The maximum atomic E-state index is 6.14. The molecule has 2 aliphatic rings. The minimum Gasteiger partial charge on any atom is -0.497 e. The molecule has 1 aliphatic heterocycles. The summed E-state index contributed by atoms with van der Waals surface area (Å²) in [5.41, 5.74) is 0.849. The van der Waals surface area contributed by atoms with Crippen molar-refractivity contribution in [3.8, 4) is 5.75 Å². The van der Waals surface area contributed by atoms with E-state index in [1.165, 1.54) is 5.56 Å². The lowest BCUT2D eigenvalue weighted by Gasteiger charge is -2.32. The summed E-state index contributed by atoms with van der Waals surface area (Å²) in [6.45, 7) is 8.43. The molecule has 0 bridgehead atoms. The predicted molar refractivity (Wildman–Crippen MR) is 80.2 cm³/mol. The fraction of sp³-hybridized carbons (Fsp3) is 0.625. The fourth-order valence-corrected chi connectivity index (χ4v) is 2.83. The van der Waals surface area contributed by atoms with Crippen molar-refractivity contribution in [1.29, 1.82) is 0 Å². The van der Waals surface area contributed by atoms with E-state index >= 15 is 0 Å². The second-order valence-electron chi connectivity index (χ2n) is 6.91. The Bertz CT molecular complexity index is 496. The molecule has 20 heavy (non-hydrogen) atoms. The molecule has 0 radical (unpaired) electrons. The molecule has 1 saturated carbocycles. The molecule has 2 fully saturated rings. The molecule has 1 heterocycles. The SMILES string of the molecule is COc1cccc(C2CC2B2OC(C)(C)C(C)(C)O2)c1. The largest absolute Gasteiger partial charge is 0.497 e. The van der Waals surface area contributed by atoms with Crippen LogP contribution < -0.4 is 4.74 Å². The number of rotatable bonds is 3. The van der Waals surface area contributed by atoms with Gasteiger partial charge in [-0.2, -0.15) is 0 Å². The van der Waals surface area contributed by atoms with Gasteiger partial charge in [0, 0.05) is 5.82 Å². The van der Waals surface area contributed by atoms with Crippen molar-refractivity contribution in [2.45, 2.75) is 57.1 Å². The molecule has 2 atom stereocenters. The first-order chi connectivity index (χ1) is 9.34. The molecule has 0 N–H and O–H groups in total. The molecule has 0 spiro atoms. The lowest BCUT2D eigenvalue weighted by molar-refractivity contribution is 0.00578. The second-order valence-corrected chi connectivity index (χ2v) is 6.91. The average molecular weight is 274 g/mol. The minimum atomic E-state index is -0.237. The quantitative estimate of drug-likeness (QED) is 0.787. The Morgan fingerprint density at radius 3 is 2.40 bits per heavy atom. The summed E-state index contributed by atoms with van der Waals surface area (Å²) in [5.74, 6) is 1.91. The zero-order valence-corrected chi connectivity index (χ0v) is 13.0. The Labute approximate surface area is 121 Å². The van der Waals surface area contributed by atoms with Crippen LogP contribution in [0.4, 0.5) is 0 Å². The number of hydrogen-bond acceptors (Lipinski definition) is 3. The Kier molecular flexibility index (Phi) is 3.14. The van der Waals surface area contributed by atoms with E-state index in [1.54, 1.807) is 7.11 Å². The van der Waals surface area contributed by atoms with Gasteiger partial charge in [-0.1, -0.05) is 12.1 Å². The van der Waals surface area contributed by atoms with Gasteiger partial charge in [-0.25, -0.2) is 0 Å². The zero-order valence-electron chi connectivity index (χ0n) is 13.0. The molecular formula is C16H23BO3. The molecular weight excluding hydrogens is 251 g/mol. The molecule has 2 unspecified atom stereocenters. The third kappa shape index (κ3) is 2.25. The van der Waals surface area contributed by atoms with Crippen molar-refractivity contribution in [3.63, 3.8) is 0 Å². The van der Waals surface area contributed by atoms with Crippen LogP contribution in [0.15, 0.2) is 24.3 Å². The molecule has 108 valence electrons. The van der Waals surface area contributed by atoms with Gasteiger partial charge in [0.2, 0.25) is 0 Å². The van der Waals surface area contributed by atoms with E-state index in [0.717, 1.165) is 12.2 Å². The number of benzene rings is 1. The van der Waals surface area contributed by atoms with Crippen molar-refractivity contribution < 1.29 is 14.0 Å². The Morgan fingerprint density at radius 1 is 1.15 bits per heavy atom. The van der Waals surface area contributed by atoms with E-state index in [1.807, 2.05) is 12.1 Å². The normalized spacial score (nSPS) is 30.4. The summed E-state index contributed by atoms with van der Waals surface area (Å²) in [4.78, 5) is 0. The summed E-state index contributed by atoms with van der Waals surface area (Å²) in [7, 11) is 1.62. The average Bonchev–Trinajstić information content (AvgIpc) is 3.13. The van der Waals surface area contributed by atoms with Gasteiger partial charge < -0.3 is 14.0 Å². The minimum absolute atomic E-state index is 0.0869. The van der Waals surface area contributed by atoms with Crippen LogP contribution in [0.1, 0.15) is 45.6 Å². The lowest BCUT2D eigenvalue weighted by atomic mass is 9.79. The van der Waals surface area contributed by atoms with Crippen LogP contribution >= 0.6 is 0 Å². The van der Waals surface area contributed by atoms with Crippen molar-refractivity contribution in [3.05, 3.63) is 29.8 Å². The first-order valence-electron chi connectivity index (χ1n) is 7.34. The molecule has 1 aromatic carbocycles. The molecule has 0 aromatic heterocycles. The van der Waals surface area contributed by atoms with E-state index < -0.39 is 0 Å². The van der Waals surface area contributed by atoms with E-state index in [-0.39, 0.29) is 18.3 Å². The third-order valence-corrected chi connectivity index (χ3v) is 4.98. The highest BCUT2D eigenvalue weighted by molar-refractivity contribution is 6.49. The summed E-state index contributed by atoms with van der Waals surface area (Å²) < 4.78 is 17.6. The summed E-state index contributed by atoms with van der Waals surface area (Å²) in [5, 5.41) is 0. The van der Waals surface area contributed by atoms with E-state index in [9.17, 15) is 0 Å². The van der Waals surface area contributed by atoms with Gasteiger partial charge in [0.05, 0.1) is 18.3 Å². The highest BCUT2D eigenvalue weighted by Crippen LogP contribution is 2.58. The van der Waals surface area contributed by atoms with E-state index in [2.05, 4.69) is 39.8 Å². The maximum absolute atomic E-state index is 6.14.